The molecule has 0 aliphatic heterocycles. The topological polar surface area (TPSA) is 31.2 Å². The van der Waals surface area contributed by atoms with Crippen molar-refractivity contribution in [2.45, 2.75) is 13.1 Å². The van der Waals surface area contributed by atoms with E-state index in [4.69, 9.17) is 4.74 Å². The molecule has 0 N–H and O–H groups in total. The predicted molar refractivity (Wildman–Crippen MR) is 71.8 cm³/mol. The third-order valence-corrected chi connectivity index (χ3v) is 3.01. The third-order valence-electron chi connectivity index (χ3n) is 3.01. The number of benzene rings is 1. The fraction of sp³-hybridized carbons (Fsp3) is 0.267. The molecule has 0 radical (unpaired) electrons. The summed E-state index contributed by atoms with van der Waals surface area (Å²) in [5, 5.41) is 0. The van der Waals surface area contributed by atoms with Crippen LogP contribution in [0.5, 0.6) is 0 Å². The van der Waals surface area contributed by atoms with E-state index in [0.717, 1.165) is 6.20 Å². The number of carbonyl (C=O) groups excluding carboxylic acids is 1. The van der Waals surface area contributed by atoms with Gasteiger partial charge in [-0.15, -0.1) is 0 Å². The highest BCUT2D eigenvalue weighted by molar-refractivity contribution is 5.98. The van der Waals surface area contributed by atoms with Crippen molar-refractivity contribution in [3.8, 4) is 11.3 Å². The van der Waals surface area contributed by atoms with Gasteiger partial charge in [0, 0.05) is 13.2 Å². The fourth-order valence-electron chi connectivity index (χ4n) is 2.20. The zero-order valence-corrected chi connectivity index (χ0v) is 11.6. The molecule has 0 spiro atoms. The van der Waals surface area contributed by atoms with Gasteiger partial charge < -0.3 is 9.30 Å². The summed E-state index contributed by atoms with van der Waals surface area (Å²) in [4.78, 5) is 12.0. The Morgan fingerprint density at radius 3 is 2.38 bits per heavy atom. The number of aromatic nitrogens is 1. The van der Waals surface area contributed by atoms with Gasteiger partial charge >= 0.3 is 12.1 Å². The summed E-state index contributed by atoms with van der Waals surface area (Å²) >= 11 is 0. The summed E-state index contributed by atoms with van der Waals surface area (Å²) in [7, 11) is 1.47. The Morgan fingerprint density at radius 1 is 1.24 bits per heavy atom. The summed E-state index contributed by atoms with van der Waals surface area (Å²) in [5.74, 6) is -0.968. The van der Waals surface area contributed by atoms with Crippen molar-refractivity contribution >= 4 is 5.97 Å². The van der Waals surface area contributed by atoms with E-state index in [9.17, 15) is 18.0 Å². The highest BCUT2D eigenvalue weighted by Crippen LogP contribution is 2.38. The van der Waals surface area contributed by atoms with Crippen LogP contribution in [0.1, 0.15) is 22.8 Å². The lowest BCUT2D eigenvalue weighted by atomic mass is 10.0. The van der Waals surface area contributed by atoms with Gasteiger partial charge in [0.1, 0.15) is 0 Å². The average molecular weight is 297 g/mol. The minimum Gasteiger partial charge on any atom is -0.462 e. The zero-order valence-electron chi connectivity index (χ0n) is 11.6. The highest BCUT2D eigenvalue weighted by Gasteiger charge is 2.39. The highest BCUT2D eigenvalue weighted by atomic mass is 19.4. The number of ether oxygens (including phenoxy) is 1. The third kappa shape index (κ3) is 2.94. The Morgan fingerprint density at radius 2 is 1.86 bits per heavy atom. The molecule has 3 nitrogen and oxygen atoms in total. The maximum atomic E-state index is 13.1. The molecule has 0 unspecified atom stereocenters. The van der Waals surface area contributed by atoms with E-state index in [1.165, 1.54) is 11.6 Å². The van der Waals surface area contributed by atoms with E-state index in [-0.39, 0.29) is 12.3 Å². The van der Waals surface area contributed by atoms with E-state index in [1.807, 2.05) is 0 Å². The first kappa shape index (κ1) is 15.2. The number of esters is 1. The Hall–Kier alpha value is -2.24. The smallest absolute Gasteiger partial charge is 0.418 e. The Bertz CT molecular complexity index is 645. The molecule has 21 heavy (non-hydrogen) atoms. The van der Waals surface area contributed by atoms with Crippen LogP contribution in [0, 0.1) is 0 Å². The van der Waals surface area contributed by atoms with Gasteiger partial charge in [0.2, 0.25) is 0 Å². The van der Waals surface area contributed by atoms with Crippen LogP contribution in [0.15, 0.2) is 36.5 Å². The molecule has 2 rings (SSSR count). The van der Waals surface area contributed by atoms with Crippen LogP contribution in [0.25, 0.3) is 11.3 Å². The van der Waals surface area contributed by atoms with Crippen LogP contribution in [0.2, 0.25) is 0 Å². The van der Waals surface area contributed by atoms with Crippen LogP contribution in [0.3, 0.4) is 0 Å². The standard InChI is InChI=1S/C15H14F3NO2/c1-3-21-14(20)12-11(15(16,17)18)9-19(2)13(12)10-7-5-4-6-8-10/h4-9H,3H2,1-2H3. The SMILES string of the molecule is CCOC(=O)c1c(C(F)(F)F)cn(C)c1-c1ccccc1. The predicted octanol–water partition coefficient (Wildman–Crippen LogP) is 3.89. The van der Waals surface area contributed by atoms with Crippen molar-refractivity contribution in [2.24, 2.45) is 7.05 Å². The first-order valence-corrected chi connectivity index (χ1v) is 6.35. The molecule has 112 valence electrons. The molecule has 2 aromatic rings. The Kier molecular flexibility index (Phi) is 4.06. The van der Waals surface area contributed by atoms with Gasteiger partial charge in [0.05, 0.1) is 23.4 Å². The van der Waals surface area contributed by atoms with E-state index in [0.29, 0.717) is 5.56 Å². The number of rotatable bonds is 3. The first-order chi connectivity index (χ1) is 9.86. The lowest BCUT2D eigenvalue weighted by molar-refractivity contribution is -0.138. The van der Waals surface area contributed by atoms with Crippen LogP contribution in [0.4, 0.5) is 13.2 Å². The van der Waals surface area contributed by atoms with E-state index < -0.39 is 23.3 Å². The second-order valence-corrected chi connectivity index (χ2v) is 4.46. The molecular formula is C15H14F3NO2. The minimum atomic E-state index is -4.62. The number of carbonyl (C=O) groups is 1. The molecule has 1 aromatic heterocycles. The average Bonchev–Trinajstić information content (AvgIpc) is 2.77. The molecule has 0 saturated heterocycles. The van der Waals surface area contributed by atoms with E-state index in [2.05, 4.69) is 0 Å². The molecule has 0 aliphatic rings. The van der Waals surface area contributed by atoms with Gasteiger partial charge in [0.25, 0.3) is 0 Å². The molecule has 0 bridgehead atoms. The largest absolute Gasteiger partial charge is 0.462 e. The molecule has 6 heteroatoms. The van der Waals surface area contributed by atoms with Crippen molar-refractivity contribution in [3.63, 3.8) is 0 Å². The van der Waals surface area contributed by atoms with E-state index >= 15 is 0 Å². The molecule has 0 amide bonds. The molecule has 0 aliphatic carbocycles. The number of alkyl halides is 3. The zero-order chi connectivity index (χ0) is 15.6. The normalized spacial score (nSPS) is 11.5. The van der Waals surface area contributed by atoms with Gasteiger partial charge in [-0.2, -0.15) is 13.2 Å². The summed E-state index contributed by atoms with van der Waals surface area (Å²) in [5.41, 5.74) is -0.708. The quantitative estimate of drug-likeness (QED) is 0.805. The maximum absolute atomic E-state index is 13.1. The number of aryl methyl sites for hydroxylation is 1. The molecule has 1 aromatic carbocycles. The summed E-state index contributed by atoms with van der Waals surface area (Å²) in [6.07, 6.45) is -3.71. The van der Waals surface area contributed by atoms with Gasteiger partial charge in [-0.3, -0.25) is 0 Å². The summed E-state index contributed by atoms with van der Waals surface area (Å²) < 4.78 is 45.5. The minimum absolute atomic E-state index is 0.0131. The second-order valence-electron chi connectivity index (χ2n) is 4.46. The van der Waals surface area contributed by atoms with Gasteiger partial charge in [-0.25, -0.2) is 4.79 Å². The summed E-state index contributed by atoms with van der Waals surface area (Å²) in [6.45, 7) is 1.57. The molecule has 1 heterocycles. The van der Waals surface area contributed by atoms with Crippen molar-refractivity contribution in [2.75, 3.05) is 6.61 Å². The molecular weight excluding hydrogens is 283 g/mol. The molecule has 0 atom stereocenters. The van der Waals surface area contributed by atoms with Crippen LogP contribution in [-0.2, 0) is 18.0 Å². The first-order valence-electron chi connectivity index (χ1n) is 6.35. The fourth-order valence-corrected chi connectivity index (χ4v) is 2.20. The van der Waals surface area contributed by atoms with Crippen LogP contribution in [-0.4, -0.2) is 17.1 Å². The Balaban J connectivity index is 2.70. The number of halogens is 3. The van der Waals surface area contributed by atoms with Gasteiger partial charge in [-0.05, 0) is 12.5 Å². The van der Waals surface area contributed by atoms with Crippen molar-refractivity contribution < 1.29 is 22.7 Å². The Labute approximate surface area is 120 Å². The van der Waals surface area contributed by atoms with E-state index in [1.54, 1.807) is 37.3 Å². The van der Waals surface area contributed by atoms with Crippen LogP contribution < -0.4 is 0 Å². The molecule has 0 fully saturated rings. The number of nitrogens with zero attached hydrogens (tertiary/aromatic N) is 1. The lowest BCUT2D eigenvalue weighted by Gasteiger charge is -2.10. The van der Waals surface area contributed by atoms with Gasteiger partial charge in [0.15, 0.2) is 0 Å². The van der Waals surface area contributed by atoms with Gasteiger partial charge in [-0.1, -0.05) is 30.3 Å². The maximum Gasteiger partial charge on any atom is 0.418 e. The number of hydrogen-bond acceptors (Lipinski definition) is 2. The van der Waals surface area contributed by atoms with Crippen LogP contribution >= 0.6 is 0 Å². The number of hydrogen-bond donors (Lipinski definition) is 0. The molecule has 0 saturated carbocycles. The lowest BCUT2D eigenvalue weighted by Crippen LogP contribution is -2.13. The second kappa shape index (κ2) is 5.63. The van der Waals surface area contributed by atoms with Crippen molar-refractivity contribution in [3.05, 3.63) is 47.7 Å². The monoisotopic (exact) mass is 297 g/mol. The van der Waals surface area contributed by atoms with Crippen molar-refractivity contribution in [1.82, 2.24) is 4.57 Å². The van der Waals surface area contributed by atoms with Crippen molar-refractivity contribution in [1.29, 1.82) is 0 Å². The summed E-state index contributed by atoms with van der Waals surface area (Å²) in [6, 6.07) is 8.45.